The average Bonchev–Trinajstić information content (AvgIpc) is 2.77. The Morgan fingerprint density at radius 2 is 1.94 bits per heavy atom. The molecule has 0 bridgehead atoms. The maximum absolute atomic E-state index is 12.4. The zero-order valence-electron chi connectivity index (χ0n) is 9.11. The van der Waals surface area contributed by atoms with Crippen molar-refractivity contribution >= 4 is 17.7 Å². The quantitative estimate of drug-likeness (QED) is 0.836. The molecule has 0 saturated carbocycles. The van der Waals surface area contributed by atoms with Gasteiger partial charge in [-0.2, -0.15) is 13.2 Å². The van der Waals surface area contributed by atoms with Gasteiger partial charge in [-0.25, -0.2) is 0 Å². The van der Waals surface area contributed by atoms with E-state index in [1.807, 2.05) is 0 Å². The van der Waals surface area contributed by atoms with Crippen LogP contribution in [0.1, 0.15) is 16.5 Å². The highest BCUT2D eigenvalue weighted by Gasteiger charge is 2.33. The Hall–Kier alpha value is -1.21. The Balaban J connectivity index is 2.10. The van der Waals surface area contributed by atoms with Gasteiger partial charge in [0.1, 0.15) is 12.0 Å². The van der Waals surface area contributed by atoms with Crippen molar-refractivity contribution in [2.24, 2.45) is 0 Å². The number of carboxylic acids is 1. The molecule has 1 aromatic carbocycles. The first-order valence-electron chi connectivity index (χ1n) is 5.22. The first-order chi connectivity index (χ1) is 8.38. The minimum absolute atomic E-state index is 0.185. The number of benzene rings is 1. The summed E-state index contributed by atoms with van der Waals surface area (Å²) in [6, 6.07) is 4.15. The average molecular weight is 277 g/mol. The molecule has 98 valence electrons. The summed E-state index contributed by atoms with van der Waals surface area (Å²) in [5, 5.41) is 12.1. The minimum Gasteiger partial charge on any atom is -0.544 e. The van der Waals surface area contributed by atoms with Crippen LogP contribution in [-0.2, 0) is 11.0 Å². The summed E-state index contributed by atoms with van der Waals surface area (Å²) in [7, 11) is 0. The second-order valence-electron chi connectivity index (χ2n) is 3.99. The number of quaternary nitrogens is 1. The molecule has 1 aliphatic rings. The van der Waals surface area contributed by atoms with Gasteiger partial charge in [-0.1, -0.05) is 23.9 Å². The van der Waals surface area contributed by atoms with Gasteiger partial charge in [0.05, 0.1) is 11.3 Å². The van der Waals surface area contributed by atoms with E-state index in [9.17, 15) is 23.1 Å². The van der Waals surface area contributed by atoms with Crippen molar-refractivity contribution < 1.29 is 28.4 Å². The topological polar surface area (TPSA) is 56.7 Å². The van der Waals surface area contributed by atoms with Crippen LogP contribution in [0.25, 0.3) is 0 Å². The SMILES string of the molecule is O=C([O-])[C@@H]1CS[C@@H](c2ccc(C(F)(F)F)cc2)[NH2+]1. The number of carboxylic acid groups (broad SMARTS) is 1. The number of nitrogens with two attached hydrogens (primary N) is 1. The van der Waals surface area contributed by atoms with Gasteiger partial charge < -0.3 is 15.2 Å². The summed E-state index contributed by atoms with van der Waals surface area (Å²) in [5.74, 6) is -0.745. The van der Waals surface area contributed by atoms with Crippen LogP contribution in [0, 0.1) is 0 Å². The normalized spacial score (nSPS) is 24.2. The monoisotopic (exact) mass is 277 g/mol. The van der Waals surface area contributed by atoms with E-state index in [1.54, 1.807) is 5.32 Å². The predicted molar refractivity (Wildman–Crippen MR) is 57.4 cm³/mol. The molecule has 0 aliphatic carbocycles. The number of hydrogen-bond donors (Lipinski definition) is 1. The summed E-state index contributed by atoms with van der Waals surface area (Å²) in [5.41, 5.74) is -0.0255. The third-order valence-electron chi connectivity index (χ3n) is 2.73. The van der Waals surface area contributed by atoms with Crippen LogP contribution in [0.4, 0.5) is 13.2 Å². The van der Waals surface area contributed by atoms with E-state index in [4.69, 9.17) is 0 Å². The van der Waals surface area contributed by atoms with E-state index in [2.05, 4.69) is 0 Å². The standard InChI is InChI=1S/C11H10F3NO2S/c12-11(13,14)7-3-1-6(2-4-7)9-15-8(5-18-9)10(16)17/h1-4,8-9,15H,5H2,(H,16,17)/t8-,9-/m0/s1. The van der Waals surface area contributed by atoms with Crippen LogP contribution >= 0.6 is 11.8 Å². The number of thioether (sulfide) groups is 1. The van der Waals surface area contributed by atoms with Gasteiger partial charge >= 0.3 is 6.18 Å². The lowest BCUT2D eigenvalue weighted by atomic mass is 10.1. The van der Waals surface area contributed by atoms with Crippen LogP contribution in [-0.4, -0.2) is 17.8 Å². The summed E-state index contributed by atoms with van der Waals surface area (Å²) in [4.78, 5) is 10.7. The highest BCUT2D eigenvalue weighted by Crippen LogP contribution is 2.32. The van der Waals surface area contributed by atoms with Crippen molar-refractivity contribution in [2.45, 2.75) is 17.6 Å². The van der Waals surface area contributed by atoms with Gasteiger partial charge in [0.2, 0.25) is 0 Å². The molecule has 2 atom stereocenters. The predicted octanol–water partition coefficient (Wildman–Crippen LogP) is 0.133. The molecule has 1 fully saturated rings. The van der Waals surface area contributed by atoms with E-state index in [0.29, 0.717) is 11.3 Å². The lowest BCUT2D eigenvalue weighted by molar-refractivity contribution is -0.690. The summed E-state index contributed by atoms with van der Waals surface area (Å²) < 4.78 is 37.1. The molecule has 7 heteroatoms. The van der Waals surface area contributed by atoms with Crippen molar-refractivity contribution in [2.75, 3.05) is 5.75 Å². The Labute approximate surface area is 105 Å². The first kappa shape index (κ1) is 13.2. The number of aliphatic carboxylic acids is 1. The molecule has 2 rings (SSSR count). The summed E-state index contributed by atoms with van der Waals surface area (Å²) in [6.07, 6.45) is -4.35. The van der Waals surface area contributed by atoms with E-state index in [0.717, 1.165) is 12.1 Å². The van der Waals surface area contributed by atoms with Gasteiger partial charge in [-0.05, 0) is 12.1 Å². The van der Waals surface area contributed by atoms with E-state index in [-0.39, 0.29) is 5.37 Å². The second kappa shape index (κ2) is 4.81. The molecule has 18 heavy (non-hydrogen) atoms. The molecular formula is C11H10F3NO2S. The fraction of sp³-hybridized carbons (Fsp3) is 0.364. The molecule has 0 spiro atoms. The van der Waals surface area contributed by atoms with Crippen molar-refractivity contribution in [3.63, 3.8) is 0 Å². The van der Waals surface area contributed by atoms with Crippen LogP contribution in [0.2, 0.25) is 0 Å². The molecule has 1 aromatic rings. The maximum atomic E-state index is 12.4. The van der Waals surface area contributed by atoms with Crippen LogP contribution in [0.5, 0.6) is 0 Å². The zero-order valence-corrected chi connectivity index (χ0v) is 9.92. The van der Waals surface area contributed by atoms with E-state index >= 15 is 0 Å². The lowest BCUT2D eigenvalue weighted by Crippen LogP contribution is -2.90. The third-order valence-corrected chi connectivity index (χ3v) is 4.07. The lowest BCUT2D eigenvalue weighted by Gasteiger charge is -2.12. The van der Waals surface area contributed by atoms with Crippen molar-refractivity contribution in [1.29, 1.82) is 0 Å². The molecule has 1 saturated heterocycles. The molecule has 1 heterocycles. The van der Waals surface area contributed by atoms with Gasteiger partial charge in [0.15, 0.2) is 5.37 Å². The van der Waals surface area contributed by atoms with Gasteiger partial charge in [-0.15, -0.1) is 0 Å². The number of halogens is 3. The Kier molecular flexibility index (Phi) is 3.54. The third kappa shape index (κ3) is 2.78. The number of carbonyl (C=O) groups excluding carboxylic acids is 1. The van der Waals surface area contributed by atoms with Gasteiger partial charge in [0, 0.05) is 5.56 Å². The van der Waals surface area contributed by atoms with Crippen LogP contribution in [0.3, 0.4) is 0 Å². The summed E-state index contributed by atoms with van der Waals surface area (Å²) >= 11 is 1.39. The highest BCUT2D eigenvalue weighted by molar-refractivity contribution is 7.99. The molecule has 1 aliphatic heterocycles. The molecule has 0 radical (unpaired) electrons. The Morgan fingerprint density at radius 3 is 2.39 bits per heavy atom. The van der Waals surface area contributed by atoms with Crippen molar-refractivity contribution in [1.82, 2.24) is 0 Å². The zero-order chi connectivity index (χ0) is 13.3. The smallest absolute Gasteiger partial charge is 0.416 e. The number of carbonyl (C=O) groups is 1. The van der Waals surface area contributed by atoms with Gasteiger partial charge in [0.25, 0.3) is 0 Å². The molecule has 2 N–H and O–H groups in total. The molecular weight excluding hydrogens is 267 g/mol. The summed E-state index contributed by atoms with van der Waals surface area (Å²) in [6.45, 7) is 0. The molecule has 0 unspecified atom stereocenters. The molecule has 0 amide bonds. The molecule has 3 nitrogen and oxygen atoms in total. The number of rotatable bonds is 2. The van der Waals surface area contributed by atoms with Crippen molar-refractivity contribution in [3.8, 4) is 0 Å². The van der Waals surface area contributed by atoms with Gasteiger partial charge in [-0.3, -0.25) is 0 Å². The fourth-order valence-corrected chi connectivity index (χ4v) is 3.06. The molecule has 0 aromatic heterocycles. The minimum atomic E-state index is -4.35. The van der Waals surface area contributed by atoms with Crippen LogP contribution < -0.4 is 10.4 Å². The Morgan fingerprint density at radius 1 is 1.33 bits per heavy atom. The fourth-order valence-electron chi connectivity index (χ4n) is 1.75. The van der Waals surface area contributed by atoms with Crippen molar-refractivity contribution in [3.05, 3.63) is 35.4 Å². The second-order valence-corrected chi connectivity index (χ2v) is 5.17. The van der Waals surface area contributed by atoms with E-state index < -0.39 is 23.8 Å². The van der Waals surface area contributed by atoms with Crippen LogP contribution in [0.15, 0.2) is 24.3 Å². The van der Waals surface area contributed by atoms with E-state index in [1.165, 1.54) is 23.9 Å². The number of alkyl halides is 3. The highest BCUT2D eigenvalue weighted by atomic mass is 32.2. The Bertz CT molecular complexity index is 447. The first-order valence-corrected chi connectivity index (χ1v) is 6.27. The number of hydrogen-bond acceptors (Lipinski definition) is 3. The largest absolute Gasteiger partial charge is 0.544 e. The maximum Gasteiger partial charge on any atom is 0.416 e.